The van der Waals surface area contributed by atoms with Crippen LogP contribution in [-0.2, 0) is 0 Å². The Morgan fingerprint density at radius 3 is 1.33 bits per heavy atom. The molecule has 0 saturated heterocycles. The molecule has 0 N–H and O–H groups in total. The molecule has 48 heavy (non-hydrogen) atoms. The van der Waals surface area contributed by atoms with Crippen molar-refractivity contribution in [3.63, 3.8) is 0 Å². The van der Waals surface area contributed by atoms with E-state index in [9.17, 15) is 10.5 Å². The van der Waals surface area contributed by atoms with Crippen LogP contribution in [0.15, 0.2) is 158 Å². The fourth-order valence-corrected chi connectivity index (χ4v) is 7.15. The van der Waals surface area contributed by atoms with Crippen LogP contribution in [0.3, 0.4) is 0 Å². The molecular formula is C44H26N4. The molecule has 0 aliphatic rings. The van der Waals surface area contributed by atoms with E-state index in [0.717, 1.165) is 44.3 Å². The molecular weight excluding hydrogens is 585 g/mol. The van der Waals surface area contributed by atoms with Gasteiger partial charge < -0.3 is 9.13 Å². The lowest BCUT2D eigenvalue weighted by atomic mass is 9.98. The summed E-state index contributed by atoms with van der Waals surface area (Å²) in [7, 11) is 0. The number of hydrogen-bond acceptors (Lipinski definition) is 2. The third-order valence-electron chi connectivity index (χ3n) is 9.41. The number of nitrogens with zero attached hydrogens (tertiary/aromatic N) is 4. The van der Waals surface area contributed by atoms with Gasteiger partial charge >= 0.3 is 0 Å². The average Bonchev–Trinajstić information content (AvgIpc) is 3.67. The molecule has 0 radical (unpaired) electrons. The lowest BCUT2D eigenvalue weighted by Crippen LogP contribution is -1.96. The van der Waals surface area contributed by atoms with Crippen LogP contribution in [0.2, 0.25) is 0 Å². The summed E-state index contributed by atoms with van der Waals surface area (Å²) in [5.41, 5.74) is 11.9. The summed E-state index contributed by atoms with van der Waals surface area (Å²) in [6.45, 7) is 0. The molecule has 0 aliphatic carbocycles. The van der Waals surface area contributed by atoms with Gasteiger partial charge in [0.05, 0.1) is 33.2 Å². The predicted molar refractivity (Wildman–Crippen MR) is 195 cm³/mol. The molecule has 0 aliphatic heterocycles. The number of aromatic nitrogens is 2. The lowest BCUT2D eigenvalue weighted by Gasteiger charge is -2.10. The minimum absolute atomic E-state index is 0.374. The van der Waals surface area contributed by atoms with E-state index < -0.39 is 0 Å². The summed E-state index contributed by atoms with van der Waals surface area (Å²) >= 11 is 0. The second kappa shape index (κ2) is 10.9. The Kier molecular flexibility index (Phi) is 6.22. The zero-order valence-electron chi connectivity index (χ0n) is 25.8. The van der Waals surface area contributed by atoms with Crippen LogP contribution in [0, 0.1) is 22.7 Å². The molecule has 222 valence electrons. The average molecular weight is 611 g/mol. The summed E-state index contributed by atoms with van der Waals surface area (Å²) in [6.07, 6.45) is 0. The van der Waals surface area contributed by atoms with Crippen molar-refractivity contribution in [2.45, 2.75) is 0 Å². The monoisotopic (exact) mass is 610 g/mol. The van der Waals surface area contributed by atoms with Gasteiger partial charge in [0.15, 0.2) is 0 Å². The van der Waals surface area contributed by atoms with Crippen molar-refractivity contribution >= 4 is 43.6 Å². The van der Waals surface area contributed by atoms with Crippen molar-refractivity contribution in [1.82, 2.24) is 9.13 Å². The Balaban J connectivity index is 1.12. The van der Waals surface area contributed by atoms with Crippen molar-refractivity contribution in [1.29, 1.82) is 10.5 Å². The van der Waals surface area contributed by atoms with Crippen molar-refractivity contribution in [2.75, 3.05) is 0 Å². The Morgan fingerprint density at radius 1 is 0.333 bits per heavy atom. The van der Waals surface area contributed by atoms with Gasteiger partial charge in [0.1, 0.15) is 12.1 Å². The first kappa shape index (κ1) is 27.4. The quantitative estimate of drug-likeness (QED) is 0.199. The highest BCUT2D eigenvalue weighted by Crippen LogP contribution is 2.37. The normalized spacial score (nSPS) is 11.3. The van der Waals surface area contributed by atoms with Crippen LogP contribution in [0.1, 0.15) is 11.1 Å². The highest BCUT2D eigenvalue weighted by molar-refractivity contribution is 6.11. The molecule has 0 spiro atoms. The van der Waals surface area contributed by atoms with Gasteiger partial charge in [-0.05, 0) is 89.0 Å². The molecule has 4 heteroatoms. The van der Waals surface area contributed by atoms with E-state index >= 15 is 0 Å². The van der Waals surface area contributed by atoms with E-state index in [0.29, 0.717) is 11.1 Å². The number of benzene rings is 7. The zero-order chi connectivity index (χ0) is 32.2. The fraction of sp³-hybridized carbons (Fsp3) is 0. The molecule has 0 saturated carbocycles. The van der Waals surface area contributed by atoms with Gasteiger partial charge in [-0.2, -0.15) is 10.5 Å². The molecule has 9 rings (SSSR count). The molecule has 0 amide bonds. The molecule has 7 aromatic carbocycles. The maximum atomic E-state index is 9.67. The molecule has 0 atom stereocenters. The second-order valence-electron chi connectivity index (χ2n) is 12.0. The minimum atomic E-state index is 0.374. The molecule has 0 bridgehead atoms. The Bertz CT molecular complexity index is 2790. The van der Waals surface area contributed by atoms with Gasteiger partial charge in [-0.15, -0.1) is 0 Å². The highest BCUT2D eigenvalue weighted by Gasteiger charge is 2.16. The third-order valence-corrected chi connectivity index (χ3v) is 9.41. The maximum absolute atomic E-state index is 9.67. The highest BCUT2D eigenvalue weighted by atomic mass is 15.0. The Hall–Kier alpha value is -6.88. The number of fused-ring (bicyclic) bond motifs is 6. The molecule has 2 aromatic heterocycles. The molecule has 0 unspecified atom stereocenters. The van der Waals surface area contributed by atoms with Crippen LogP contribution in [-0.4, -0.2) is 9.13 Å². The van der Waals surface area contributed by atoms with Crippen molar-refractivity contribution in [2.24, 2.45) is 0 Å². The lowest BCUT2D eigenvalue weighted by molar-refractivity contribution is 1.17. The molecule has 9 aromatic rings. The van der Waals surface area contributed by atoms with Crippen molar-refractivity contribution < 1.29 is 0 Å². The Morgan fingerprint density at radius 2 is 0.792 bits per heavy atom. The smallest absolute Gasteiger partial charge is 0.101 e. The minimum Gasteiger partial charge on any atom is -0.309 e. The summed E-state index contributed by atoms with van der Waals surface area (Å²) in [6, 6.07) is 59.4. The van der Waals surface area contributed by atoms with Crippen LogP contribution in [0.5, 0.6) is 0 Å². The largest absolute Gasteiger partial charge is 0.309 e. The number of rotatable bonds is 4. The van der Waals surface area contributed by atoms with Gasteiger partial charge in [-0.25, -0.2) is 0 Å². The van der Waals surface area contributed by atoms with E-state index in [1.165, 1.54) is 32.9 Å². The van der Waals surface area contributed by atoms with E-state index in [4.69, 9.17) is 0 Å². The standard InChI is InChI=1S/C44H26N4/c45-27-33-18-21-36(24-34(33)28-46)48-42-13-7-5-11-38(42)40-26-32(20-23-44(40)48)30-16-14-29(15-17-30)31-19-22-43-39(25-31)37-10-4-6-12-41(37)47(43)35-8-2-1-3-9-35/h1-26H. The number of nitriles is 2. The first-order chi connectivity index (χ1) is 23.7. The number of hydrogen-bond donors (Lipinski definition) is 0. The van der Waals surface area contributed by atoms with Crippen LogP contribution in [0.25, 0.3) is 77.2 Å². The summed E-state index contributed by atoms with van der Waals surface area (Å²) in [5, 5.41) is 23.9. The van der Waals surface area contributed by atoms with Crippen LogP contribution >= 0.6 is 0 Å². The topological polar surface area (TPSA) is 57.4 Å². The van der Waals surface area contributed by atoms with Crippen molar-refractivity contribution in [3.8, 4) is 45.8 Å². The van der Waals surface area contributed by atoms with Gasteiger partial charge in [0.2, 0.25) is 0 Å². The van der Waals surface area contributed by atoms with E-state index in [-0.39, 0.29) is 0 Å². The number of para-hydroxylation sites is 3. The van der Waals surface area contributed by atoms with Crippen LogP contribution < -0.4 is 0 Å². The van der Waals surface area contributed by atoms with E-state index in [2.05, 4.69) is 155 Å². The summed E-state index contributed by atoms with van der Waals surface area (Å²) in [4.78, 5) is 0. The maximum Gasteiger partial charge on any atom is 0.101 e. The van der Waals surface area contributed by atoms with Gasteiger partial charge in [0.25, 0.3) is 0 Å². The summed E-state index contributed by atoms with van der Waals surface area (Å²) in [5.74, 6) is 0. The first-order valence-corrected chi connectivity index (χ1v) is 15.9. The van der Waals surface area contributed by atoms with Crippen LogP contribution in [0.4, 0.5) is 0 Å². The Labute approximate surface area is 277 Å². The van der Waals surface area contributed by atoms with Gasteiger partial charge in [-0.3, -0.25) is 0 Å². The third kappa shape index (κ3) is 4.22. The van der Waals surface area contributed by atoms with Crippen molar-refractivity contribution in [3.05, 3.63) is 169 Å². The fourth-order valence-electron chi connectivity index (χ4n) is 7.15. The summed E-state index contributed by atoms with van der Waals surface area (Å²) < 4.78 is 4.51. The predicted octanol–water partition coefficient (Wildman–Crippen LogP) is 11.0. The second-order valence-corrected chi connectivity index (χ2v) is 12.0. The molecule has 4 nitrogen and oxygen atoms in total. The van der Waals surface area contributed by atoms with E-state index in [1.807, 2.05) is 12.1 Å². The SMILES string of the molecule is N#Cc1ccc(-n2c3ccccc3c3cc(-c4ccc(-c5ccc6c(c5)c5ccccc5n6-c5ccccc5)cc4)ccc32)cc1C#N. The molecule has 0 fully saturated rings. The first-order valence-electron chi connectivity index (χ1n) is 15.9. The van der Waals surface area contributed by atoms with Gasteiger partial charge in [0, 0.05) is 32.9 Å². The molecule has 2 heterocycles. The van der Waals surface area contributed by atoms with Gasteiger partial charge in [-0.1, -0.05) is 91.0 Å². The van der Waals surface area contributed by atoms with E-state index in [1.54, 1.807) is 12.1 Å². The zero-order valence-corrected chi connectivity index (χ0v) is 25.8.